The normalized spacial score (nSPS) is 19.1. The number of aliphatic carboxylic acids is 1. The molecular weight excluding hydrogens is 262 g/mol. The number of hydrogen-bond acceptors (Lipinski definition) is 5. The zero-order valence-electron chi connectivity index (χ0n) is 11.5. The number of carboxylic acids is 1. The summed E-state index contributed by atoms with van der Waals surface area (Å²) in [5.41, 5.74) is 0.335. The van der Waals surface area contributed by atoms with E-state index in [4.69, 9.17) is 9.63 Å². The van der Waals surface area contributed by atoms with E-state index in [-0.39, 0.29) is 18.4 Å². The molecule has 1 aromatic rings. The summed E-state index contributed by atoms with van der Waals surface area (Å²) in [4.78, 5) is 24.4. The number of carboxylic acid groups (broad SMARTS) is 1. The molecule has 1 fully saturated rings. The lowest BCUT2D eigenvalue weighted by molar-refractivity contribution is -0.136. The zero-order valence-corrected chi connectivity index (χ0v) is 11.5. The van der Waals surface area contributed by atoms with Gasteiger partial charge in [-0.15, -0.1) is 0 Å². The van der Waals surface area contributed by atoms with Gasteiger partial charge < -0.3 is 19.8 Å². The number of rotatable bonds is 5. The van der Waals surface area contributed by atoms with Crippen LogP contribution in [0.3, 0.4) is 0 Å². The summed E-state index contributed by atoms with van der Waals surface area (Å²) >= 11 is 0. The Labute approximate surface area is 116 Å². The average molecular weight is 281 g/mol. The van der Waals surface area contributed by atoms with Crippen LogP contribution in [0.4, 0.5) is 0 Å². The summed E-state index contributed by atoms with van der Waals surface area (Å²) in [7, 11) is 0. The first-order valence-corrected chi connectivity index (χ1v) is 6.71. The molecule has 2 heterocycles. The molecule has 0 saturated carbocycles. The Bertz CT molecular complexity index is 486. The van der Waals surface area contributed by atoms with Crippen molar-refractivity contribution in [3.05, 3.63) is 17.5 Å². The van der Waals surface area contributed by atoms with E-state index in [9.17, 15) is 9.59 Å². The molecule has 1 aromatic heterocycles. The predicted molar refractivity (Wildman–Crippen MR) is 70.4 cm³/mol. The number of carbonyl (C=O) groups excluding carboxylic acids is 1. The van der Waals surface area contributed by atoms with Crippen molar-refractivity contribution < 1.29 is 19.2 Å². The Morgan fingerprint density at radius 2 is 2.40 bits per heavy atom. The van der Waals surface area contributed by atoms with E-state index >= 15 is 0 Å². The summed E-state index contributed by atoms with van der Waals surface area (Å²) in [5.74, 6) is -0.0957. The van der Waals surface area contributed by atoms with Crippen molar-refractivity contribution in [3.8, 4) is 0 Å². The first kappa shape index (κ1) is 14.5. The van der Waals surface area contributed by atoms with Gasteiger partial charge in [0.05, 0.1) is 6.54 Å². The quantitative estimate of drug-likeness (QED) is 0.816. The first-order chi connectivity index (χ1) is 9.56. The van der Waals surface area contributed by atoms with E-state index in [2.05, 4.69) is 10.5 Å². The molecule has 110 valence electrons. The summed E-state index contributed by atoms with van der Waals surface area (Å²) in [6.07, 6.45) is 1.91. The lowest BCUT2D eigenvalue weighted by Crippen LogP contribution is -2.43. The molecular formula is C13H19N3O4. The van der Waals surface area contributed by atoms with Gasteiger partial charge in [0, 0.05) is 25.7 Å². The molecule has 1 saturated heterocycles. The SMILES string of the molecule is Cc1cc(C(=O)N2CCCC(CNCC(=O)O)C2)no1. The molecule has 7 heteroatoms. The Hall–Kier alpha value is -1.89. The minimum Gasteiger partial charge on any atom is -0.480 e. The second-order valence-electron chi connectivity index (χ2n) is 5.11. The van der Waals surface area contributed by atoms with Crippen molar-refractivity contribution in [2.75, 3.05) is 26.2 Å². The van der Waals surface area contributed by atoms with Gasteiger partial charge in [-0.2, -0.15) is 0 Å². The van der Waals surface area contributed by atoms with Crippen LogP contribution in [0.2, 0.25) is 0 Å². The highest BCUT2D eigenvalue weighted by atomic mass is 16.5. The molecule has 0 spiro atoms. The number of amides is 1. The molecule has 1 unspecified atom stereocenters. The third-order valence-corrected chi connectivity index (χ3v) is 3.36. The van der Waals surface area contributed by atoms with E-state index in [0.29, 0.717) is 31.1 Å². The standard InChI is InChI=1S/C13H19N3O4/c1-9-5-11(15-20-9)13(19)16-4-2-3-10(8-16)6-14-7-12(17)18/h5,10,14H,2-4,6-8H2,1H3,(H,17,18). The molecule has 1 aliphatic rings. The van der Waals surface area contributed by atoms with Gasteiger partial charge in [-0.25, -0.2) is 0 Å². The van der Waals surface area contributed by atoms with Gasteiger partial charge in [0.2, 0.25) is 0 Å². The molecule has 0 radical (unpaired) electrons. The van der Waals surface area contributed by atoms with Crippen molar-refractivity contribution in [1.82, 2.24) is 15.4 Å². The lowest BCUT2D eigenvalue weighted by Gasteiger charge is -2.32. The van der Waals surface area contributed by atoms with Gasteiger partial charge in [-0.1, -0.05) is 5.16 Å². The smallest absolute Gasteiger partial charge is 0.317 e. The van der Waals surface area contributed by atoms with Crippen LogP contribution in [-0.2, 0) is 4.79 Å². The minimum atomic E-state index is -0.869. The van der Waals surface area contributed by atoms with Crippen LogP contribution in [-0.4, -0.2) is 53.2 Å². The van der Waals surface area contributed by atoms with Crippen molar-refractivity contribution in [3.63, 3.8) is 0 Å². The van der Waals surface area contributed by atoms with Gasteiger partial charge in [0.15, 0.2) is 5.69 Å². The van der Waals surface area contributed by atoms with Crippen molar-refractivity contribution in [2.24, 2.45) is 5.92 Å². The highest BCUT2D eigenvalue weighted by Crippen LogP contribution is 2.18. The molecule has 0 aliphatic carbocycles. The summed E-state index contributed by atoms with van der Waals surface area (Å²) < 4.78 is 4.92. The fourth-order valence-corrected chi connectivity index (χ4v) is 2.43. The second kappa shape index (κ2) is 6.51. The number of aryl methyl sites for hydroxylation is 1. The maximum absolute atomic E-state index is 12.2. The Kier molecular flexibility index (Phi) is 4.73. The molecule has 2 N–H and O–H groups in total. The summed E-state index contributed by atoms with van der Waals surface area (Å²) in [6, 6.07) is 1.63. The van der Waals surface area contributed by atoms with Crippen LogP contribution in [0.25, 0.3) is 0 Å². The molecule has 2 rings (SSSR count). The first-order valence-electron chi connectivity index (χ1n) is 6.71. The molecule has 7 nitrogen and oxygen atoms in total. The Morgan fingerprint density at radius 1 is 1.60 bits per heavy atom. The van der Waals surface area contributed by atoms with E-state index in [1.807, 2.05) is 0 Å². The van der Waals surface area contributed by atoms with Crippen molar-refractivity contribution in [2.45, 2.75) is 19.8 Å². The van der Waals surface area contributed by atoms with Gasteiger partial charge in [0.1, 0.15) is 5.76 Å². The summed E-state index contributed by atoms with van der Waals surface area (Å²) in [5, 5.41) is 15.2. The zero-order chi connectivity index (χ0) is 14.5. The highest BCUT2D eigenvalue weighted by Gasteiger charge is 2.26. The monoisotopic (exact) mass is 281 g/mol. The van der Waals surface area contributed by atoms with Gasteiger partial charge in [-0.3, -0.25) is 9.59 Å². The number of piperidine rings is 1. The van der Waals surface area contributed by atoms with Crippen LogP contribution in [0.5, 0.6) is 0 Å². The predicted octanol–water partition coefficient (Wildman–Crippen LogP) is 0.509. The number of hydrogen-bond donors (Lipinski definition) is 2. The Morgan fingerprint density at radius 3 is 3.05 bits per heavy atom. The lowest BCUT2D eigenvalue weighted by atomic mass is 9.97. The molecule has 0 bridgehead atoms. The van der Waals surface area contributed by atoms with Crippen molar-refractivity contribution >= 4 is 11.9 Å². The highest BCUT2D eigenvalue weighted by molar-refractivity contribution is 5.92. The van der Waals surface area contributed by atoms with Crippen LogP contribution >= 0.6 is 0 Å². The van der Waals surface area contributed by atoms with Crippen LogP contribution < -0.4 is 5.32 Å². The van der Waals surface area contributed by atoms with Gasteiger partial charge in [-0.05, 0) is 25.7 Å². The van der Waals surface area contributed by atoms with Crippen LogP contribution in [0.1, 0.15) is 29.1 Å². The maximum atomic E-state index is 12.2. The van der Waals surface area contributed by atoms with E-state index < -0.39 is 5.97 Å². The van der Waals surface area contributed by atoms with Gasteiger partial charge >= 0.3 is 5.97 Å². The minimum absolute atomic E-state index is 0.0487. The average Bonchev–Trinajstić information content (AvgIpc) is 2.84. The second-order valence-corrected chi connectivity index (χ2v) is 5.11. The molecule has 0 aromatic carbocycles. The van der Waals surface area contributed by atoms with Gasteiger partial charge in [0.25, 0.3) is 5.91 Å². The van der Waals surface area contributed by atoms with E-state index in [0.717, 1.165) is 12.8 Å². The third kappa shape index (κ3) is 3.80. The Balaban J connectivity index is 1.86. The number of carbonyl (C=O) groups is 2. The largest absolute Gasteiger partial charge is 0.480 e. The number of nitrogens with zero attached hydrogens (tertiary/aromatic N) is 2. The number of nitrogens with one attached hydrogen (secondary N) is 1. The van der Waals surface area contributed by atoms with E-state index in [1.54, 1.807) is 17.9 Å². The molecule has 1 aliphatic heterocycles. The van der Waals surface area contributed by atoms with E-state index in [1.165, 1.54) is 0 Å². The van der Waals surface area contributed by atoms with Crippen molar-refractivity contribution in [1.29, 1.82) is 0 Å². The van der Waals surface area contributed by atoms with Crippen LogP contribution in [0, 0.1) is 12.8 Å². The fourth-order valence-electron chi connectivity index (χ4n) is 2.43. The fraction of sp³-hybridized carbons (Fsp3) is 0.615. The van der Waals surface area contributed by atoms with Crippen LogP contribution in [0.15, 0.2) is 10.6 Å². The molecule has 20 heavy (non-hydrogen) atoms. The third-order valence-electron chi connectivity index (χ3n) is 3.36. The number of aromatic nitrogens is 1. The maximum Gasteiger partial charge on any atom is 0.317 e. The summed E-state index contributed by atoms with van der Waals surface area (Å²) in [6.45, 7) is 3.64. The molecule has 1 amide bonds. The molecule has 1 atom stereocenters. The topological polar surface area (TPSA) is 95.7 Å². The number of likely N-dealkylation sites (tertiary alicyclic amines) is 1.